The lowest BCUT2D eigenvalue weighted by atomic mass is 9.85. The Labute approximate surface area is 110 Å². The highest BCUT2D eigenvalue weighted by Crippen LogP contribution is 2.33. The zero-order valence-corrected chi connectivity index (χ0v) is 11.7. The van der Waals surface area contributed by atoms with Crippen LogP contribution in [0.5, 0.6) is 0 Å². The van der Waals surface area contributed by atoms with Crippen LogP contribution < -0.4 is 4.90 Å². The van der Waals surface area contributed by atoms with Crippen LogP contribution in [0, 0.1) is 5.41 Å². The second-order valence-corrected chi connectivity index (χ2v) is 6.10. The third-order valence-corrected chi connectivity index (χ3v) is 3.91. The van der Waals surface area contributed by atoms with Gasteiger partial charge in [0.25, 0.3) is 0 Å². The molecule has 1 fully saturated rings. The van der Waals surface area contributed by atoms with Crippen LogP contribution in [-0.2, 0) is 0 Å². The molecule has 0 spiro atoms. The van der Waals surface area contributed by atoms with Gasteiger partial charge in [-0.1, -0.05) is 19.9 Å². The summed E-state index contributed by atoms with van der Waals surface area (Å²) in [6, 6.07) is 3.87. The number of aliphatic hydroxyl groups is 1. The zero-order valence-electron chi connectivity index (χ0n) is 11.7. The Morgan fingerprint density at radius 3 is 2.83 bits per heavy atom. The predicted molar refractivity (Wildman–Crippen MR) is 74.7 cm³/mol. The molecule has 1 atom stereocenters. The lowest BCUT2D eigenvalue weighted by Gasteiger charge is -2.26. The summed E-state index contributed by atoms with van der Waals surface area (Å²) in [6.45, 7) is 8.56. The van der Waals surface area contributed by atoms with Crippen LogP contribution >= 0.6 is 0 Å². The SMILES string of the molecule is C[C@@H](O)c1cccnc1N1CCCC(C)(C)CC1. The van der Waals surface area contributed by atoms with Crippen LogP contribution in [0.3, 0.4) is 0 Å². The minimum atomic E-state index is -0.454. The summed E-state index contributed by atoms with van der Waals surface area (Å²) in [5.41, 5.74) is 1.37. The molecule has 3 nitrogen and oxygen atoms in total. The van der Waals surface area contributed by atoms with Gasteiger partial charge in [0, 0.05) is 24.8 Å². The first-order valence-corrected chi connectivity index (χ1v) is 6.87. The second kappa shape index (κ2) is 5.27. The molecule has 1 aliphatic heterocycles. The first-order chi connectivity index (χ1) is 8.49. The van der Waals surface area contributed by atoms with Gasteiger partial charge in [0.2, 0.25) is 0 Å². The van der Waals surface area contributed by atoms with Crippen molar-refractivity contribution in [3.05, 3.63) is 23.9 Å². The fourth-order valence-electron chi connectivity index (χ4n) is 2.63. The van der Waals surface area contributed by atoms with E-state index in [1.165, 1.54) is 19.3 Å². The van der Waals surface area contributed by atoms with Gasteiger partial charge >= 0.3 is 0 Å². The summed E-state index contributed by atoms with van der Waals surface area (Å²) < 4.78 is 0. The Morgan fingerprint density at radius 1 is 1.33 bits per heavy atom. The Hall–Kier alpha value is -1.09. The second-order valence-electron chi connectivity index (χ2n) is 6.10. The van der Waals surface area contributed by atoms with E-state index in [9.17, 15) is 5.11 Å². The highest BCUT2D eigenvalue weighted by Gasteiger charge is 2.25. The number of rotatable bonds is 2. The monoisotopic (exact) mass is 248 g/mol. The van der Waals surface area contributed by atoms with E-state index < -0.39 is 6.10 Å². The summed E-state index contributed by atoms with van der Waals surface area (Å²) in [4.78, 5) is 6.81. The number of aliphatic hydroxyl groups excluding tert-OH is 1. The van der Waals surface area contributed by atoms with Gasteiger partial charge in [-0.15, -0.1) is 0 Å². The quantitative estimate of drug-likeness (QED) is 0.873. The molecule has 0 saturated carbocycles. The van der Waals surface area contributed by atoms with Gasteiger partial charge in [-0.2, -0.15) is 0 Å². The van der Waals surface area contributed by atoms with Gasteiger partial charge < -0.3 is 10.0 Å². The van der Waals surface area contributed by atoms with Crippen molar-refractivity contribution in [1.82, 2.24) is 4.98 Å². The number of anilines is 1. The van der Waals surface area contributed by atoms with Crippen molar-refractivity contribution in [2.75, 3.05) is 18.0 Å². The average molecular weight is 248 g/mol. The van der Waals surface area contributed by atoms with Crippen molar-refractivity contribution in [2.45, 2.75) is 46.1 Å². The molecule has 0 aromatic carbocycles. The Morgan fingerprint density at radius 2 is 2.11 bits per heavy atom. The van der Waals surface area contributed by atoms with Gasteiger partial charge in [0.05, 0.1) is 6.10 Å². The molecular formula is C15H24N2O. The lowest BCUT2D eigenvalue weighted by molar-refractivity contribution is 0.199. The zero-order chi connectivity index (χ0) is 13.2. The fourth-order valence-corrected chi connectivity index (χ4v) is 2.63. The van der Waals surface area contributed by atoms with Crippen LogP contribution in [-0.4, -0.2) is 23.2 Å². The first-order valence-electron chi connectivity index (χ1n) is 6.87. The Kier molecular flexibility index (Phi) is 3.91. The summed E-state index contributed by atoms with van der Waals surface area (Å²) >= 11 is 0. The van der Waals surface area contributed by atoms with Crippen molar-refractivity contribution in [1.29, 1.82) is 0 Å². The predicted octanol–water partition coefficient (Wildman–Crippen LogP) is 3.15. The molecule has 3 heteroatoms. The maximum Gasteiger partial charge on any atom is 0.134 e. The van der Waals surface area contributed by atoms with E-state index in [2.05, 4.69) is 23.7 Å². The van der Waals surface area contributed by atoms with Crippen LogP contribution in [0.25, 0.3) is 0 Å². The van der Waals surface area contributed by atoms with E-state index >= 15 is 0 Å². The molecule has 18 heavy (non-hydrogen) atoms. The highest BCUT2D eigenvalue weighted by molar-refractivity contribution is 5.47. The van der Waals surface area contributed by atoms with Crippen molar-refractivity contribution in [3.8, 4) is 0 Å². The van der Waals surface area contributed by atoms with Gasteiger partial charge in [0.1, 0.15) is 5.82 Å². The average Bonchev–Trinajstić information content (AvgIpc) is 2.50. The minimum Gasteiger partial charge on any atom is -0.389 e. The molecule has 1 saturated heterocycles. The third kappa shape index (κ3) is 3.02. The number of aromatic nitrogens is 1. The topological polar surface area (TPSA) is 36.4 Å². The van der Waals surface area contributed by atoms with E-state index in [4.69, 9.17) is 0 Å². The molecular weight excluding hydrogens is 224 g/mol. The molecule has 1 N–H and O–H groups in total. The maximum atomic E-state index is 9.84. The smallest absolute Gasteiger partial charge is 0.134 e. The summed E-state index contributed by atoms with van der Waals surface area (Å²) in [6.07, 6.45) is 5.01. The van der Waals surface area contributed by atoms with Crippen molar-refractivity contribution in [3.63, 3.8) is 0 Å². The number of hydrogen-bond acceptors (Lipinski definition) is 3. The molecule has 1 aromatic heterocycles. The first kappa shape index (κ1) is 13.3. The van der Waals surface area contributed by atoms with Crippen LogP contribution in [0.1, 0.15) is 51.7 Å². The van der Waals surface area contributed by atoms with Crippen molar-refractivity contribution in [2.24, 2.45) is 5.41 Å². The van der Waals surface area contributed by atoms with E-state index in [0.717, 1.165) is 24.5 Å². The van der Waals surface area contributed by atoms with E-state index in [-0.39, 0.29) is 0 Å². The van der Waals surface area contributed by atoms with E-state index in [1.54, 1.807) is 0 Å². The molecule has 0 aliphatic carbocycles. The molecule has 2 heterocycles. The number of hydrogen-bond donors (Lipinski definition) is 1. The van der Waals surface area contributed by atoms with Crippen molar-refractivity contribution < 1.29 is 5.11 Å². The molecule has 0 amide bonds. The van der Waals surface area contributed by atoms with Crippen LogP contribution in [0.15, 0.2) is 18.3 Å². The third-order valence-electron chi connectivity index (χ3n) is 3.91. The van der Waals surface area contributed by atoms with Gasteiger partial charge in [-0.05, 0) is 37.7 Å². The summed E-state index contributed by atoms with van der Waals surface area (Å²) in [7, 11) is 0. The van der Waals surface area contributed by atoms with Gasteiger partial charge in [0.15, 0.2) is 0 Å². The Balaban J connectivity index is 2.21. The fraction of sp³-hybridized carbons (Fsp3) is 0.667. The highest BCUT2D eigenvalue weighted by atomic mass is 16.3. The van der Waals surface area contributed by atoms with Crippen molar-refractivity contribution >= 4 is 5.82 Å². The largest absolute Gasteiger partial charge is 0.389 e. The van der Waals surface area contributed by atoms with Gasteiger partial charge in [-0.3, -0.25) is 0 Å². The molecule has 0 bridgehead atoms. The molecule has 1 aromatic rings. The minimum absolute atomic E-state index is 0.425. The van der Waals surface area contributed by atoms with E-state index in [0.29, 0.717) is 5.41 Å². The molecule has 1 aliphatic rings. The summed E-state index contributed by atoms with van der Waals surface area (Å²) in [5, 5.41) is 9.84. The summed E-state index contributed by atoms with van der Waals surface area (Å²) in [5.74, 6) is 0.963. The maximum absolute atomic E-state index is 9.84. The number of pyridine rings is 1. The van der Waals surface area contributed by atoms with Crippen LogP contribution in [0.4, 0.5) is 5.82 Å². The molecule has 0 radical (unpaired) electrons. The number of nitrogens with zero attached hydrogens (tertiary/aromatic N) is 2. The molecule has 2 rings (SSSR count). The molecule has 100 valence electrons. The molecule has 0 unspecified atom stereocenters. The Bertz CT molecular complexity index is 401. The van der Waals surface area contributed by atoms with E-state index in [1.807, 2.05) is 25.3 Å². The normalized spacial score (nSPS) is 21.4. The standard InChI is InChI=1S/C15H24N2O/c1-12(18)13-6-4-9-16-14(13)17-10-5-7-15(2,3)8-11-17/h4,6,9,12,18H,5,7-8,10-11H2,1-3H3/t12-/m1/s1. The lowest BCUT2D eigenvalue weighted by Crippen LogP contribution is -2.27. The van der Waals surface area contributed by atoms with Gasteiger partial charge in [-0.25, -0.2) is 4.98 Å². The van der Waals surface area contributed by atoms with Crippen LogP contribution in [0.2, 0.25) is 0 Å².